The molecule has 0 radical (unpaired) electrons. The second-order valence-electron chi connectivity index (χ2n) is 31.8. The standard InChI is InChI=1S/C112H65N5O/c1-3-19-66(20-4-1)69-23-14-28-79(56-69)117-103-50-41-70(68-22-13-24-76(55-68)111-89-38-17-35-86-83-31-9-10-32-84(83)97(64-113-111)108(86)89)59-92(103)93-60-73(44-51-104(93)117)72-43-49-101-94(61-72)95-63-75(45-52-102(95)115(101)78-26-5-2-6-27-78)82-34-16-36-87-98-65-114-112(90-39-18-37-88(107(82)87)109(90)98)77-25-15-29-80(57-77)116-99-40-12-11-33-85(99)91-58-71(42-48-100(91)116)74-47-53-105-96(62-74)110-81-30-8-7-21-67(81)46-54-106(110)118-105/h1-65H. The minimum atomic E-state index is 0.893. The van der Waals surface area contributed by atoms with Gasteiger partial charge in [0, 0.05) is 116 Å². The van der Waals surface area contributed by atoms with E-state index in [4.69, 9.17) is 14.4 Å². The Morgan fingerprint density at radius 1 is 0.186 bits per heavy atom. The molecule has 0 atom stereocenters. The summed E-state index contributed by atoms with van der Waals surface area (Å²) >= 11 is 0. The highest BCUT2D eigenvalue weighted by molar-refractivity contribution is 6.24. The number of rotatable bonds is 10. The molecule has 6 nitrogen and oxygen atoms in total. The SMILES string of the molecule is c1ccc(-c2cccc(-n3c4ccc(-c5cccc(-c6ncc7c8c(cccc68)-c6ccccc6-7)c5)cc4c4cc(-c5ccc6c(c5)c5cc(-c7cccc8c7-c7cccc9c(-c%10cccc(-n%11c%12ccccc%12c%12cc(-c%13ccc%14oc%15ccc%16ccccc%16c%15c%14c%13)ccc%12%11)c%10)ncc-8c79)ccc5n6-c5ccccc5)ccc43)c2)cc1. The van der Waals surface area contributed by atoms with E-state index >= 15 is 0 Å². The second-order valence-corrected chi connectivity index (χ2v) is 31.8. The fourth-order valence-corrected chi connectivity index (χ4v) is 20.3. The maximum atomic E-state index is 6.44. The Kier molecular flexibility index (Phi) is 13.6. The summed E-state index contributed by atoms with van der Waals surface area (Å²) in [5.74, 6) is 0. The number of pyridine rings is 2. The maximum Gasteiger partial charge on any atom is 0.136 e. The normalized spacial score (nSPS) is 12.2. The zero-order valence-electron chi connectivity index (χ0n) is 63.7. The third-order valence-corrected chi connectivity index (χ3v) is 25.6. The van der Waals surface area contributed by atoms with Gasteiger partial charge in [-0.3, -0.25) is 9.97 Å². The molecular formula is C112H65N5O. The molecule has 0 fully saturated rings. The minimum absolute atomic E-state index is 0.893. The van der Waals surface area contributed by atoms with Crippen LogP contribution in [0.5, 0.6) is 0 Å². The van der Waals surface area contributed by atoms with Gasteiger partial charge in [-0.15, -0.1) is 0 Å². The van der Waals surface area contributed by atoms with Crippen LogP contribution in [0, 0.1) is 0 Å². The molecule has 24 aromatic rings. The van der Waals surface area contributed by atoms with Gasteiger partial charge in [0.1, 0.15) is 11.2 Å². The Labute approximate surface area is 677 Å². The average Bonchev–Trinajstić information content (AvgIpc) is 1.56. The van der Waals surface area contributed by atoms with Crippen molar-refractivity contribution in [3.8, 4) is 140 Å². The molecule has 2 aliphatic carbocycles. The molecule has 2 aliphatic rings. The Hall–Kier alpha value is -15.8. The van der Waals surface area contributed by atoms with Crippen LogP contribution in [0.1, 0.15) is 0 Å². The molecule has 0 amide bonds. The number of furan rings is 1. The van der Waals surface area contributed by atoms with Gasteiger partial charge >= 0.3 is 0 Å². The van der Waals surface area contributed by atoms with E-state index in [1.807, 2.05) is 0 Å². The molecule has 0 unspecified atom stereocenters. The molecule has 0 N–H and O–H groups in total. The molecule has 0 saturated carbocycles. The van der Waals surface area contributed by atoms with Crippen LogP contribution >= 0.6 is 0 Å². The first-order chi connectivity index (χ1) is 58.5. The fourth-order valence-electron chi connectivity index (χ4n) is 20.3. The van der Waals surface area contributed by atoms with Gasteiger partial charge in [-0.2, -0.15) is 0 Å². The summed E-state index contributed by atoms with van der Waals surface area (Å²) in [7, 11) is 0. The summed E-state index contributed by atoms with van der Waals surface area (Å²) in [6, 6.07) is 141. The van der Waals surface area contributed by atoms with Crippen molar-refractivity contribution in [3.05, 3.63) is 395 Å². The molecule has 0 saturated heterocycles. The largest absolute Gasteiger partial charge is 0.456 e. The number of para-hydroxylation sites is 2. The number of aromatic nitrogens is 5. The van der Waals surface area contributed by atoms with Gasteiger partial charge in [0.15, 0.2) is 0 Å². The van der Waals surface area contributed by atoms with Crippen molar-refractivity contribution in [1.82, 2.24) is 23.7 Å². The smallest absolute Gasteiger partial charge is 0.136 e. The number of fused-ring (bicyclic) bond motifs is 20. The van der Waals surface area contributed by atoms with Gasteiger partial charge in [-0.05, 0) is 227 Å². The molecule has 544 valence electrons. The van der Waals surface area contributed by atoms with Crippen molar-refractivity contribution in [2.75, 3.05) is 0 Å². The van der Waals surface area contributed by atoms with E-state index in [-0.39, 0.29) is 0 Å². The summed E-state index contributed by atoms with van der Waals surface area (Å²) in [5, 5.41) is 16.6. The first-order valence-electron chi connectivity index (χ1n) is 40.6. The molecule has 0 bridgehead atoms. The van der Waals surface area contributed by atoms with E-state index in [2.05, 4.69) is 408 Å². The summed E-state index contributed by atoms with van der Waals surface area (Å²) in [6.45, 7) is 0. The lowest BCUT2D eigenvalue weighted by atomic mass is 9.92. The monoisotopic (exact) mass is 1500 g/mol. The molecule has 6 heterocycles. The van der Waals surface area contributed by atoms with Crippen molar-refractivity contribution >= 4 is 120 Å². The van der Waals surface area contributed by atoms with Gasteiger partial charge in [0.2, 0.25) is 0 Å². The van der Waals surface area contributed by atoms with E-state index in [1.54, 1.807) is 0 Å². The predicted molar refractivity (Wildman–Crippen MR) is 492 cm³/mol. The van der Waals surface area contributed by atoms with Crippen LogP contribution in [0.4, 0.5) is 0 Å². The van der Waals surface area contributed by atoms with Gasteiger partial charge in [0.05, 0.1) is 44.5 Å². The third kappa shape index (κ3) is 9.51. The van der Waals surface area contributed by atoms with Crippen LogP contribution in [-0.4, -0.2) is 23.7 Å². The molecule has 0 aliphatic heterocycles. The highest BCUT2D eigenvalue weighted by atomic mass is 16.3. The van der Waals surface area contributed by atoms with Crippen LogP contribution in [0.3, 0.4) is 0 Å². The zero-order valence-corrected chi connectivity index (χ0v) is 63.7. The minimum Gasteiger partial charge on any atom is -0.456 e. The zero-order chi connectivity index (χ0) is 77.0. The number of hydrogen-bond donors (Lipinski definition) is 0. The summed E-state index contributed by atoms with van der Waals surface area (Å²) < 4.78 is 13.8. The van der Waals surface area contributed by atoms with E-state index in [1.165, 1.54) is 115 Å². The highest BCUT2D eigenvalue weighted by Gasteiger charge is 2.30. The molecule has 118 heavy (non-hydrogen) atoms. The van der Waals surface area contributed by atoms with Crippen LogP contribution in [-0.2, 0) is 0 Å². The molecule has 6 heteroatoms. The Balaban J connectivity index is 0.579. The van der Waals surface area contributed by atoms with Crippen molar-refractivity contribution in [1.29, 1.82) is 0 Å². The first kappa shape index (κ1) is 64.7. The Bertz CT molecular complexity index is 8470. The topological polar surface area (TPSA) is 53.7 Å². The summed E-state index contributed by atoms with van der Waals surface area (Å²) in [6.07, 6.45) is 4.21. The number of benzene rings is 18. The molecule has 0 spiro atoms. The fraction of sp³-hybridized carbons (Fsp3) is 0. The number of nitrogens with zero attached hydrogens (tertiary/aromatic N) is 5. The summed E-state index contributed by atoms with van der Waals surface area (Å²) in [5.41, 5.74) is 37.5. The van der Waals surface area contributed by atoms with E-state index in [0.29, 0.717) is 0 Å². The van der Waals surface area contributed by atoms with Crippen molar-refractivity contribution in [3.63, 3.8) is 0 Å². The molecule has 6 aromatic heterocycles. The first-order valence-corrected chi connectivity index (χ1v) is 40.6. The quantitative estimate of drug-likeness (QED) is 0.137. The van der Waals surface area contributed by atoms with Crippen molar-refractivity contribution < 1.29 is 4.42 Å². The molecule has 26 rings (SSSR count). The lowest BCUT2D eigenvalue weighted by Gasteiger charge is -2.12. The highest BCUT2D eigenvalue weighted by Crippen LogP contribution is 2.55. The second kappa shape index (κ2) is 24.9. The Morgan fingerprint density at radius 3 is 1.22 bits per heavy atom. The molecular weight excluding hydrogens is 1430 g/mol. The van der Waals surface area contributed by atoms with Gasteiger partial charge in [0.25, 0.3) is 0 Å². The van der Waals surface area contributed by atoms with Gasteiger partial charge in [-0.25, -0.2) is 0 Å². The number of hydrogen-bond acceptors (Lipinski definition) is 3. The van der Waals surface area contributed by atoms with E-state index in [0.717, 1.165) is 145 Å². The van der Waals surface area contributed by atoms with Gasteiger partial charge < -0.3 is 18.1 Å². The van der Waals surface area contributed by atoms with Crippen LogP contribution in [0.2, 0.25) is 0 Å². The Morgan fingerprint density at radius 2 is 0.568 bits per heavy atom. The van der Waals surface area contributed by atoms with E-state index < -0.39 is 0 Å². The molecule has 18 aromatic carbocycles. The van der Waals surface area contributed by atoms with Crippen molar-refractivity contribution in [2.45, 2.75) is 0 Å². The lowest BCUT2D eigenvalue weighted by Crippen LogP contribution is -1.95. The maximum absolute atomic E-state index is 6.44. The van der Waals surface area contributed by atoms with Crippen molar-refractivity contribution in [2.24, 2.45) is 0 Å². The lowest BCUT2D eigenvalue weighted by molar-refractivity contribution is 0.669. The summed E-state index contributed by atoms with van der Waals surface area (Å²) in [4.78, 5) is 10.7. The third-order valence-electron chi connectivity index (χ3n) is 25.6. The van der Waals surface area contributed by atoms with Crippen LogP contribution in [0.25, 0.3) is 259 Å². The predicted octanol–water partition coefficient (Wildman–Crippen LogP) is 30.1. The average molecular weight is 1500 g/mol. The van der Waals surface area contributed by atoms with Crippen LogP contribution in [0.15, 0.2) is 399 Å². The van der Waals surface area contributed by atoms with Crippen LogP contribution < -0.4 is 0 Å². The van der Waals surface area contributed by atoms with Gasteiger partial charge in [-0.1, -0.05) is 255 Å². The van der Waals surface area contributed by atoms with E-state index in [9.17, 15) is 0 Å².